The van der Waals surface area contributed by atoms with E-state index in [1.165, 1.54) is 97.3 Å². The molecule has 6 N–H and O–H groups in total. The van der Waals surface area contributed by atoms with Gasteiger partial charge in [-0.15, -0.1) is 0 Å². The molecule has 0 spiro atoms. The standard InChI is InChI=1S/C27H18F3N3O.C20H23BFNO3.C13H9ClF2N2O.C13H7ClF2N2.C7H4F2O2.C6H7ClN2/c1-16-7-8-17(14-22(16)27(34)32-19-11-9-18(28)10-12-19)20-5-3-13-33-24(20)15-31-26(33)21-4-2-6-23(29)25(21)30;1-13-6-7-14(21-25-19(2,3)20(4,5)26-21)12-17(13)18(24)23-16-10-8-15(22)9-11-16;14-9-4-2-6-17-11(9)7-18-13(19)8-3-1-5-10(15)12(8)16;14-9-4-2-6-18-11(9)7-17-13(18)8-3-1-5-10(15)12(8)16;8-5-3-1-2-4(6(5)9)7(10)11;7-5-2-1-3-9-6(5)4-8/h2-15H,1H3,(H,32,34);6-12H,1-5H3,(H,23,24);1-6H,7H2,(H,18,19);1-7H;1-3H,(H,10,11);1-3H,4,8H2. The number of imidazole rings is 2. The van der Waals surface area contributed by atoms with Crippen molar-refractivity contribution in [1.82, 2.24) is 34.1 Å². The highest BCUT2D eigenvalue weighted by atomic mass is 35.5. The van der Waals surface area contributed by atoms with Gasteiger partial charge in [0.25, 0.3) is 17.7 Å². The maximum absolute atomic E-state index is 14.4. The smallest absolute Gasteiger partial charge is 0.478 e. The number of fused-ring (bicyclic) bond motifs is 2. The predicted molar refractivity (Wildman–Crippen MR) is 429 cm³/mol. The average Bonchev–Trinajstić information content (AvgIpc) is 1.71. The summed E-state index contributed by atoms with van der Waals surface area (Å²) < 4.78 is 148. The lowest BCUT2D eigenvalue weighted by molar-refractivity contribution is 0.00578. The van der Waals surface area contributed by atoms with Gasteiger partial charge < -0.3 is 36.1 Å². The molecule has 31 heteroatoms. The number of halogens is 13. The number of nitrogens with two attached hydrogens (primary N) is 1. The van der Waals surface area contributed by atoms with Crippen molar-refractivity contribution in [1.29, 1.82) is 0 Å². The van der Waals surface area contributed by atoms with Crippen LogP contribution in [0.4, 0.5) is 55.3 Å². The number of carbonyl (C=O) groups excluding carboxylic acids is 3. The Hall–Kier alpha value is -12.6. The Balaban J connectivity index is 0.000000156. The van der Waals surface area contributed by atoms with E-state index in [9.17, 15) is 63.1 Å². The monoisotopic (exact) mass is 1660 g/mol. The summed E-state index contributed by atoms with van der Waals surface area (Å²) in [5, 5.41) is 17.8. The first-order chi connectivity index (χ1) is 55.7. The molecule has 1 fully saturated rings. The minimum absolute atomic E-state index is 0.0362. The second kappa shape index (κ2) is 38.7. The van der Waals surface area contributed by atoms with E-state index in [-0.39, 0.29) is 52.5 Å². The maximum atomic E-state index is 14.4. The number of carbonyl (C=O) groups is 4. The number of carboxylic acid groups (broad SMARTS) is 1. The summed E-state index contributed by atoms with van der Waals surface area (Å²) in [7, 11) is -0.530. The van der Waals surface area contributed by atoms with Gasteiger partial charge in [0, 0.05) is 59.4 Å². The van der Waals surface area contributed by atoms with Crippen LogP contribution in [0, 0.1) is 72.0 Å². The van der Waals surface area contributed by atoms with Gasteiger partial charge in [-0.3, -0.25) is 33.2 Å². The molecule has 0 atom stereocenters. The summed E-state index contributed by atoms with van der Waals surface area (Å²) in [6.45, 7) is 12.1. The van der Waals surface area contributed by atoms with Crippen molar-refractivity contribution >= 4 is 93.5 Å². The highest BCUT2D eigenvalue weighted by Crippen LogP contribution is 2.38. The maximum Gasteiger partial charge on any atom is 0.494 e. The lowest BCUT2D eigenvalue weighted by Gasteiger charge is -2.32. The fourth-order valence-electron chi connectivity index (χ4n) is 11.2. The van der Waals surface area contributed by atoms with Crippen LogP contribution in [0.15, 0.2) is 243 Å². The van der Waals surface area contributed by atoms with E-state index >= 15 is 0 Å². The van der Waals surface area contributed by atoms with Crippen LogP contribution in [0.2, 0.25) is 15.1 Å². The molecule has 0 radical (unpaired) electrons. The van der Waals surface area contributed by atoms with Crippen LogP contribution < -0.4 is 27.1 Å². The number of pyridine rings is 4. The first-order valence-electron chi connectivity index (χ1n) is 35.2. The molecule has 0 aliphatic carbocycles. The number of rotatable bonds is 13. The van der Waals surface area contributed by atoms with E-state index in [0.29, 0.717) is 66.7 Å². The molecule has 1 aliphatic heterocycles. The topological polar surface area (TPSA) is 229 Å². The van der Waals surface area contributed by atoms with Gasteiger partial charge in [-0.1, -0.05) is 89.4 Å². The zero-order valence-electron chi connectivity index (χ0n) is 62.7. The number of aromatic carboxylic acids is 1. The van der Waals surface area contributed by atoms with E-state index in [1.54, 1.807) is 88.2 Å². The highest BCUT2D eigenvalue weighted by molar-refractivity contribution is 6.62. The largest absolute Gasteiger partial charge is 0.494 e. The zero-order chi connectivity index (χ0) is 84.6. The molecular formula is C86H68BCl3F10N10O7. The Kier molecular flexibility index (Phi) is 28.7. The number of aromatic nitrogens is 6. The first kappa shape index (κ1) is 86.8. The van der Waals surface area contributed by atoms with Crippen molar-refractivity contribution in [3.63, 3.8) is 0 Å². The third kappa shape index (κ3) is 21.3. The minimum atomic E-state index is -1.47. The van der Waals surface area contributed by atoms with Gasteiger partial charge in [0.05, 0.1) is 89.9 Å². The number of aryl methyl sites for hydroxylation is 2. The number of benzene rings is 8. The van der Waals surface area contributed by atoms with E-state index in [0.717, 1.165) is 69.8 Å². The van der Waals surface area contributed by atoms with Crippen LogP contribution in [-0.2, 0) is 22.4 Å². The van der Waals surface area contributed by atoms with Gasteiger partial charge in [0.1, 0.15) is 23.3 Å². The van der Waals surface area contributed by atoms with Crippen LogP contribution in [-0.4, -0.2) is 75.9 Å². The van der Waals surface area contributed by atoms with Gasteiger partial charge in [-0.25, -0.2) is 58.7 Å². The molecule has 1 aliphatic rings. The fourth-order valence-corrected chi connectivity index (χ4v) is 11.8. The Labute approximate surface area is 678 Å². The van der Waals surface area contributed by atoms with Gasteiger partial charge in [-0.05, 0) is 215 Å². The Morgan fingerprint density at radius 1 is 0.453 bits per heavy atom. The molecule has 0 saturated carbocycles. The summed E-state index contributed by atoms with van der Waals surface area (Å²) in [6.07, 6.45) is 9.75. The number of carboxylic acids is 1. The summed E-state index contributed by atoms with van der Waals surface area (Å²) in [5.41, 5.74) is 12.0. The molecule has 14 aromatic rings. The Morgan fingerprint density at radius 3 is 1.37 bits per heavy atom. The number of hydrogen-bond acceptors (Lipinski definition) is 11. The molecule has 0 bridgehead atoms. The second-order valence-electron chi connectivity index (χ2n) is 26.5. The number of amides is 3. The van der Waals surface area contributed by atoms with E-state index < -0.39 is 82.3 Å². The van der Waals surface area contributed by atoms with Crippen LogP contribution in [0.1, 0.15) is 91.6 Å². The molecule has 7 heterocycles. The second-order valence-corrected chi connectivity index (χ2v) is 27.7. The molecule has 3 amide bonds. The van der Waals surface area contributed by atoms with Gasteiger partial charge in [0.15, 0.2) is 46.5 Å². The summed E-state index contributed by atoms with van der Waals surface area (Å²) in [5.74, 6) is -11.3. The van der Waals surface area contributed by atoms with Crippen molar-refractivity contribution in [2.45, 2.75) is 65.8 Å². The molecule has 0 unspecified atom stereocenters. The van der Waals surface area contributed by atoms with Gasteiger partial charge in [0.2, 0.25) is 0 Å². The van der Waals surface area contributed by atoms with Crippen molar-refractivity contribution in [2.75, 3.05) is 10.6 Å². The normalized spacial score (nSPS) is 12.2. The van der Waals surface area contributed by atoms with E-state index in [2.05, 4.69) is 35.9 Å². The lowest BCUT2D eigenvalue weighted by atomic mass is 9.77. The molecule has 1 saturated heterocycles. The predicted octanol–water partition coefficient (Wildman–Crippen LogP) is 20.1. The van der Waals surface area contributed by atoms with Crippen molar-refractivity contribution in [2.24, 2.45) is 5.73 Å². The third-order valence-electron chi connectivity index (χ3n) is 18.2. The van der Waals surface area contributed by atoms with E-state index in [1.807, 2.05) is 71.9 Å². The van der Waals surface area contributed by atoms with E-state index in [4.69, 9.17) is 55.0 Å². The molecular weight excluding hydrogens is 1590 g/mol. The van der Waals surface area contributed by atoms with Crippen molar-refractivity contribution < 1.29 is 77.5 Å². The van der Waals surface area contributed by atoms with Crippen molar-refractivity contribution in [3.05, 3.63) is 361 Å². The lowest BCUT2D eigenvalue weighted by Crippen LogP contribution is -2.41. The van der Waals surface area contributed by atoms with Gasteiger partial charge in [-0.2, -0.15) is 0 Å². The number of hydrogen-bond donors (Lipinski definition) is 5. The fraction of sp³-hybridized carbons (Fsp3) is 0.116. The highest BCUT2D eigenvalue weighted by Gasteiger charge is 2.52. The quantitative estimate of drug-likeness (QED) is 0.0536. The number of nitrogens with one attached hydrogen (secondary N) is 3. The first-order valence-corrected chi connectivity index (χ1v) is 36.3. The van der Waals surface area contributed by atoms with Crippen molar-refractivity contribution in [3.8, 4) is 33.9 Å². The molecule has 598 valence electrons. The average molecular weight is 1660 g/mol. The SMILES string of the molecule is Cc1ccc(-c2cccn3c(-c4cccc(F)c4F)ncc23)cc1C(=O)Nc1ccc(F)cc1.Cc1ccc(B2OC(C)(C)C(C)(C)O2)cc1C(=O)Nc1ccc(F)cc1.Fc1cccc(-c2ncc3c(Cl)cccn23)c1F.NCc1ncccc1Cl.O=C(NCc1ncccc1Cl)c1cccc(F)c1F.O=C(O)c1cccc(F)c1F. The summed E-state index contributed by atoms with van der Waals surface area (Å²) >= 11 is 17.5. The van der Waals surface area contributed by atoms with Gasteiger partial charge >= 0.3 is 13.1 Å². The number of anilines is 2. The molecule has 6 aromatic heterocycles. The van der Waals surface area contributed by atoms with Crippen LogP contribution in [0.25, 0.3) is 44.9 Å². The Morgan fingerprint density at radius 2 is 0.880 bits per heavy atom. The molecule has 17 nitrogen and oxygen atoms in total. The van der Waals surface area contributed by atoms with Crippen LogP contribution >= 0.6 is 34.8 Å². The number of nitrogens with zero attached hydrogens (tertiary/aromatic N) is 6. The zero-order valence-corrected chi connectivity index (χ0v) is 64.9. The third-order valence-corrected chi connectivity index (χ3v) is 19.2. The molecule has 15 rings (SSSR count). The van der Waals surface area contributed by atoms with Crippen LogP contribution in [0.3, 0.4) is 0 Å². The minimum Gasteiger partial charge on any atom is -0.478 e. The summed E-state index contributed by atoms with van der Waals surface area (Å²) in [6, 6.07) is 50.6. The summed E-state index contributed by atoms with van der Waals surface area (Å²) in [4.78, 5) is 63.8. The molecule has 117 heavy (non-hydrogen) atoms. The Bertz CT molecular complexity index is 5950. The van der Waals surface area contributed by atoms with Crippen LogP contribution in [0.5, 0.6) is 0 Å². The molecule has 8 aromatic carbocycles.